The first-order valence-electron chi connectivity index (χ1n) is 8.12. The van der Waals surface area contributed by atoms with Gasteiger partial charge in [-0.1, -0.05) is 11.6 Å². The monoisotopic (exact) mass is 391 g/mol. The highest BCUT2D eigenvalue weighted by Gasteiger charge is 2.19. The first-order chi connectivity index (χ1) is 12.7. The molecule has 2 aromatic rings. The van der Waals surface area contributed by atoms with Gasteiger partial charge in [-0.05, 0) is 55.8 Å². The van der Waals surface area contributed by atoms with Crippen LogP contribution in [0.4, 0.5) is 15.8 Å². The van der Waals surface area contributed by atoms with Gasteiger partial charge in [-0.15, -0.1) is 0 Å². The maximum atomic E-state index is 13.1. The summed E-state index contributed by atoms with van der Waals surface area (Å²) in [6.45, 7) is 4.52. The highest BCUT2D eigenvalue weighted by Crippen LogP contribution is 2.21. The molecule has 1 atom stereocenters. The Morgan fingerprint density at radius 3 is 2.41 bits per heavy atom. The Morgan fingerprint density at radius 2 is 1.78 bits per heavy atom. The molecule has 142 valence electrons. The second-order valence-corrected chi connectivity index (χ2v) is 6.43. The van der Waals surface area contributed by atoms with Crippen LogP contribution in [0.2, 0.25) is 5.02 Å². The summed E-state index contributed by atoms with van der Waals surface area (Å²) >= 11 is 6.05. The minimum Gasteiger partial charge on any atom is -0.340 e. The zero-order chi connectivity index (χ0) is 20.1. The first kappa shape index (κ1) is 20.4. The van der Waals surface area contributed by atoms with Crippen LogP contribution in [-0.2, 0) is 9.59 Å². The van der Waals surface area contributed by atoms with Gasteiger partial charge < -0.3 is 16.0 Å². The molecule has 2 rings (SSSR count). The molecule has 0 saturated carbocycles. The van der Waals surface area contributed by atoms with Gasteiger partial charge in [0.25, 0.3) is 5.91 Å². The summed E-state index contributed by atoms with van der Waals surface area (Å²) in [4.78, 5) is 35.9. The van der Waals surface area contributed by atoms with Gasteiger partial charge >= 0.3 is 0 Å². The molecule has 8 heteroatoms. The second kappa shape index (κ2) is 8.64. The second-order valence-electron chi connectivity index (χ2n) is 6.02. The topological polar surface area (TPSA) is 87.3 Å². The van der Waals surface area contributed by atoms with Crippen molar-refractivity contribution in [2.75, 3.05) is 10.6 Å². The number of halogens is 2. The predicted molar refractivity (Wildman–Crippen MR) is 102 cm³/mol. The molecule has 2 aromatic carbocycles. The Kier molecular flexibility index (Phi) is 6.52. The Hall–Kier alpha value is -2.93. The van der Waals surface area contributed by atoms with Gasteiger partial charge in [0.15, 0.2) is 0 Å². The molecule has 3 N–H and O–H groups in total. The molecule has 0 unspecified atom stereocenters. The fourth-order valence-corrected chi connectivity index (χ4v) is 2.53. The molecule has 0 aliphatic heterocycles. The molecule has 0 aliphatic rings. The van der Waals surface area contributed by atoms with Crippen molar-refractivity contribution in [1.29, 1.82) is 0 Å². The van der Waals surface area contributed by atoms with Crippen LogP contribution in [0.3, 0.4) is 0 Å². The Morgan fingerprint density at radius 1 is 1.07 bits per heavy atom. The van der Waals surface area contributed by atoms with Crippen LogP contribution in [0, 0.1) is 12.7 Å². The number of amides is 3. The van der Waals surface area contributed by atoms with Gasteiger partial charge in [-0.3, -0.25) is 14.4 Å². The summed E-state index contributed by atoms with van der Waals surface area (Å²) < 4.78 is 13.1. The maximum Gasteiger partial charge on any atom is 0.253 e. The lowest BCUT2D eigenvalue weighted by Crippen LogP contribution is -2.41. The van der Waals surface area contributed by atoms with Gasteiger partial charge in [0.2, 0.25) is 11.8 Å². The van der Waals surface area contributed by atoms with Crippen molar-refractivity contribution >= 4 is 40.7 Å². The van der Waals surface area contributed by atoms with E-state index in [4.69, 9.17) is 11.6 Å². The molecule has 0 bridgehead atoms. The number of benzene rings is 2. The van der Waals surface area contributed by atoms with E-state index in [9.17, 15) is 18.8 Å². The maximum absolute atomic E-state index is 13.1. The average molecular weight is 392 g/mol. The van der Waals surface area contributed by atoms with Crippen LogP contribution in [0.1, 0.15) is 29.8 Å². The number of carbonyl (C=O) groups excluding carboxylic acids is 3. The summed E-state index contributed by atoms with van der Waals surface area (Å²) in [5.74, 6) is -1.72. The first-order valence-corrected chi connectivity index (χ1v) is 8.50. The number of anilines is 2. The molecule has 6 nitrogen and oxygen atoms in total. The lowest BCUT2D eigenvalue weighted by Gasteiger charge is -2.16. The van der Waals surface area contributed by atoms with Gasteiger partial charge in [0.1, 0.15) is 11.9 Å². The average Bonchev–Trinajstić information content (AvgIpc) is 2.58. The third kappa shape index (κ3) is 5.52. The van der Waals surface area contributed by atoms with E-state index >= 15 is 0 Å². The highest BCUT2D eigenvalue weighted by atomic mass is 35.5. The number of aryl methyl sites for hydroxylation is 1. The molecule has 0 aliphatic carbocycles. The molecule has 0 saturated heterocycles. The van der Waals surface area contributed by atoms with E-state index in [0.717, 1.165) is 0 Å². The highest BCUT2D eigenvalue weighted by molar-refractivity contribution is 6.34. The van der Waals surface area contributed by atoms with E-state index in [1.807, 2.05) is 0 Å². The number of hydrogen-bond donors (Lipinski definition) is 3. The van der Waals surface area contributed by atoms with Crippen LogP contribution in [-0.4, -0.2) is 23.8 Å². The Balaban J connectivity index is 2.08. The van der Waals surface area contributed by atoms with Crippen molar-refractivity contribution < 1.29 is 18.8 Å². The lowest BCUT2D eigenvalue weighted by atomic mass is 10.1. The van der Waals surface area contributed by atoms with Crippen molar-refractivity contribution in [1.82, 2.24) is 5.32 Å². The van der Waals surface area contributed by atoms with Crippen LogP contribution >= 0.6 is 11.6 Å². The fourth-order valence-electron chi connectivity index (χ4n) is 2.33. The smallest absolute Gasteiger partial charge is 0.253 e. The number of carbonyl (C=O) groups is 3. The van der Waals surface area contributed by atoms with Gasteiger partial charge in [0, 0.05) is 18.3 Å². The largest absolute Gasteiger partial charge is 0.340 e. The van der Waals surface area contributed by atoms with E-state index in [2.05, 4.69) is 16.0 Å². The molecule has 0 heterocycles. The van der Waals surface area contributed by atoms with Gasteiger partial charge in [-0.2, -0.15) is 0 Å². The van der Waals surface area contributed by atoms with E-state index in [-0.39, 0.29) is 16.5 Å². The van der Waals surface area contributed by atoms with E-state index < -0.39 is 23.7 Å². The Labute approximate surface area is 161 Å². The van der Waals surface area contributed by atoms with Gasteiger partial charge in [-0.25, -0.2) is 4.39 Å². The van der Waals surface area contributed by atoms with Crippen LogP contribution in [0.25, 0.3) is 0 Å². The van der Waals surface area contributed by atoms with Crippen LogP contribution in [0.5, 0.6) is 0 Å². The number of nitrogens with one attached hydrogen (secondary N) is 3. The summed E-state index contributed by atoms with van der Waals surface area (Å²) in [5.41, 5.74) is 1.55. The summed E-state index contributed by atoms with van der Waals surface area (Å²) in [7, 11) is 0. The van der Waals surface area contributed by atoms with Crippen molar-refractivity contribution in [2.24, 2.45) is 0 Å². The molecule has 27 heavy (non-hydrogen) atoms. The SMILES string of the molecule is CC(=O)Nc1ccc(Cl)c(C(=O)N[C@@H](C)C(=O)Nc2ccc(F)cc2C)c1. The fraction of sp³-hybridized carbons (Fsp3) is 0.211. The van der Waals surface area contributed by atoms with Gasteiger partial charge in [0.05, 0.1) is 10.6 Å². The van der Waals surface area contributed by atoms with E-state index in [0.29, 0.717) is 16.9 Å². The summed E-state index contributed by atoms with van der Waals surface area (Å²) in [5, 5.41) is 7.93. The number of hydrogen-bond acceptors (Lipinski definition) is 3. The zero-order valence-electron chi connectivity index (χ0n) is 15.0. The minimum atomic E-state index is -0.873. The van der Waals surface area contributed by atoms with Crippen LogP contribution in [0.15, 0.2) is 36.4 Å². The molecular weight excluding hydrogens is 373 g/mol. The minimum absolute atomic E-state index is 0.125. The summed E-state index contributed by atoms with van der Waals surface area (Å²) in [6, 6.07) is 7.58. The van der Waals surface area contributed by atoms with Crippen molar-refractivity contribution in [3.63, 3.8) is 0 Å². The third-order valence-corrected chi connectivity index (χ3v) is 4.05. The standard InChI is InChI=1S/C19H19ClFN3O3/c1-10-8-13(21)4-7-17(10)24-18(26)11(2)22-19(27)15-9-14(23-12(3)25)5-6-16(15)20/h4-9,11H,1-3H3,(H,22,27)(H,23,25)(H,24,26)/t11-/m0/s1. The van der Waals surface area contributed by atoms with Crippen molar-refractivity contribution in [3.05, 3.63) is 58.4 Å². The van der Waals surface area contributed by atoms with E-state index in [1.165, 1.54) is 44.2 Å². The normalized spacial score (nSPS) is 11.4. The molecule has 0 radical (unpaired) electrons. The molecule has 0 spiro atoms. The molecule has 3 amide bonds. The van der Waals surface area contributed by atoms with Crippen molar-refractivity contribution in [3.8, 4) is 0 Å². The molecule has 0 fully saturated rings. The zero-order valence-corrected chi connectivity index (χ0v) is 15.8. The number of rotatable bonds is 5. The molecular formula is C19H19ClFN3O3. The lowest BCUT2D eigenvalue weighted by molar-refractivity contribution is -0.117. The predicted octanol–water partition coefficient (Wildman–Crippen LogP) is 3.50. The Bertz CT molecular complexity index is 902. The third-order valence-electron chi connectivity index (χ3n) is 3.72. The quantitative estimate of drug-likeness (QED) is 0.729. The molecule has 0 aromatic heterocycles. The summed E-state index contributed by atoms with van der Waals surface area (Å²) in [6.07, 6.45) is 0. The van der Waals surface area contributed by atoms with Crippen LogP contribution < -0.4 is 16.0 Å². The van der Waals surface area contributed by atoms with Crippen molar-refractivity contribution in [2.45, 2.75) is 26.8 Å². The van der Waals surface area contributed by atoms with E-state index in [1.54, 1.807) is 13.0 Å².